The van der Waals surface area contributed by atoms with Crippen LogP contribution in [0, 0.1) is 0 Å². The zero-order valence-corrected chi connectivity index (χ0v) is 13.4. The largest absolute Gasteiger partial charge is 0.466 e. The quantitative estimate of drug-likeness (QED) is 0.589. The van der Waals surface area contributed by atoms with Crippen LogP contribution in [0.1, 0.15) is 18.2 Å². The lowest BCUT2D eigenvalue weighted by Crippen LogP contribution is -2.07. The number of thioether (sulfide) groups is 1. The van der Waals surface area contributed by atoms with Gasteiger partial charge in [-0.1, -0.05) is 35.5 Å². The molecular formula is C14H14ClNO2S2. The minimum absolute atomic E-state index is 0.230. The molecule has 1 aromatic carbocycles. The van der Waals surface area contributed by atoms with Gasteiger partial charge < -0.3 is 4.74 Å². The molecule has 0 bridgehead atoms. The smallest absolute Gasteiger partial charge is 0.311 e. The number of carbonyl (C=O) groups excluding carboxylic acids is 1. The van der Waals surface area contributed by atoms with E-state index in [0.29, 0.717) is 6.61 Å². The molecule has 0 unspecified atom stereocenters. The van der Waals surface area contributed by atoms with Crippen LogP contribution in [0.15, 0.2) is 34.0 Å². The summed E-state index contributed by atoms with van der Waals surface area (Å²) in [5.74, 6) is 0.607. The Kier molecular flexibility index (Phi) is 5.88. The van der Waals surface area contributed by atoms with Gasteiger partial charge in [-0.3, -0.25) is 4.79 Å². The molecule has 0 spiro atoms. The van der Waals surface area contributed by atoms with Gasteiger partial charge >= 0.3 is 5.97 Å². The molecule has 0 aliphatic rings. The summed E-state index contributed by atoms with van der Waals surface area (Å²) in [5, 5.41) is 2.64. The molecule has 20 heavy (non-hydrogen) atoms. The molecule has 0 aliphatic carbocycles. The van der Waals surface area contributed by atoms with Gasteiger partial charge in [-0.25, -0.2) is 4.98 Å². The van der Waals surface area contributed by atoms with E-state index in [1.165, 1.54) is 5.56 Å². The number of carbonyl (C=O) groups is 1. The SMILES string of the molecule is CCOC(=O)Cc1csc(SCc2ccc(Cl)cc2)n1. The lowest BCUT2D eigenvalue weighted by atomic mass is 10.2. The maximum absolute atomic E-state index is 11.4. The fourth-order valence-corrected chi connectivity index (χ4v) is 3.45. The first kappa shape index (κ1) is 15.4. The number of nitrogens with zero attached hydrogens (tertiary/aromatic N) is 1. The van der Waals surface area contributed by atoms with Crippen molar-refractivity contribution in [1.29, 1.82) is 0 Å². The van der Waals surface area contributed by atoms with E-state index >= 15 is 0 Å². The summed E-state index contributed by atoms with van der Waals surface area (Å²) >= 11 is 9.05. The van der Waals surface area contributed by atoms with E-state index in [4.69, 9.17) is 16.3 Å². The molecule has 0 aliphatic heterocycles. The number of rotatable bonds is 6. The summed E-state index contributed by atoms with van der Waals surface area (Å²) in [6.07, 6.45) is 0.242. The second kappa shape index (κ2) is 7.67. The molecule has 1 aromatic heterocycles. The Morgan fingerprint density at radius 1 is 1.40 bits per heavy atom. The normalized spacial score (nSPS) is 10.5. The molecule has 0 N–H and O–H groups in total. The molecule has 0 atom stereocenters. The van der Waals surface area contributed by atoms with Crippen molar-refractivity contribution in [3.8, 4) is 0 Å². The van der Waals surface area contributed by atoms with E-state index in [1.54, 1.807) is 30.0 Å². The summed E-state index contributed by atoms with van der Waals surface area (Å²) in [7, 11) is 0. The second-order valence-corrected chi connectivity index (χ2v) is 6.52. The van der Waals surface area contributed by atoms with E-state index in [9.17, 15) is 4.79 Å². The molecule has 2 aromatic rings. The first-order chi connectivity index (χ1) is 9.67. The van der Waals surface area contributed by atoms with E-state index in [1.807, 2.05) is 29.6 Å². The summed E-state index contributed by atoms with van der Waals surface area (Å²) < 4.78 is 5.86. The fraction of sp³-hybridized carbons (Fsp3) is 0.286. The Labute approximate surface area is 131 Å². The number of thiazole rings is 1. The minimum Gasteiger partial charge on any atom is -0.466 e. The third kappa shape index (κ3) is 4.81. The highest BCUT2D eigenvalue weighted by Crippen LogP contribution is 2.26. The van der Waals surface area contributed by atoms with Gasteiger partial charge in [0.2, 0.25) is 0 Å². The van der Waals surface area contributed by atoms with Gasteiger partial charge in [0.25, 0.3) is 0 Å². The van der Waals surface area contributed by atoms with Gasteiger partial charge in [0, 0.05) is 16.2 Å². The maximum Gasteiger partial charge on any atom is 0.311 e. The third-order valence-corrected chi connectivity index (χ3v) is 4.83. The Balaban J connectivity index is 1.86. The molecule has 106 valence electrons. The molecular weight excluding hydrogens is 314 g/mol. The van der Waals surface area contributed by atoms with Crippen LogP contribution in [0.25, 0.3) is 0 Å². The first-order valence-corrected chi connectivity index (χ1v) is 8.39. The zero-order chi connectivity index (χ0) is 14.4. The van der Waals surface area contributed by atoms with Crippen molar-refractivity contribution >= 4 is 40.7 Å². The molecule has 0 saturated carbocycles. The Hall–Kier alpha value is -1.04. The van der Waals surface area contributed by atoms with Crippen LogP contribution in [0.4, 0.5) is 0 Å². The van der Waals surface area contributed by atoms with Crippen molar-refractivity contribution in [2.45, 2.75) is 23.4 Å². The number of esters is 1. The van der Waals surface area contributed by atoms with Crippen LogP contribution in [0.3, 0.4) is 0 Å². The predicted octanol–water partition coefficient (Wildman–Crippen LogP) is 4.19. The van der Waals surface area contributed by atoms with Gasteiger partial charge in [-0.05, 0) is 24.6 Å². The van der Waals surface area contributed by atoms with Crippen molar-refractivity contribution in [3.63, 3.8) is 0 Å². The third-order valence-electron chi connectivity index (χ3n) is 2.44. The Bertz CT molecular complexity index is 569. The monoisotopic (exact) mass is 327 g/mol. The standard InChI is InChI=1S/C14H14ClNO2S2/c1-2-18-13(17)7-12-9-20-14(16-12)19-8-10-3-5-11(15)6-4-10/h3-6,9H,2,7-8H2,1H3. The molecule has 1 heterocycles. The lowest BCUT2D eigenvalue weighted by Gasteiger charge is -1.99. The van der Waals surface area contributed by atoms with Crippen LogP contribution >= 0.6 is 34.7 Å². The topological polar surface area (TPSA) is 39.2 Å². The summed E-state index contributed by atoms with van der Waals surface area (Å²) in [6.45, 7) is 2.20. The van der Waals surface area contributed by atoms with Crippen molar-refractivity contribution in [2.24, 2.45) is 0 Å². The number of ether oxygens (including phenoxy) is 1. The van der Waals surface area contributed by atoms with Crippen LogP contribution in [0.2, 0.25) is 5.02 Å². The average Bonchev–Trinajstić information content (AvgIpc) is 2.86. The highest BCUT2D eigenvalue weighted by molar-refractivity contribution is 8.00. The summed E-state index contributed by atoms with van der Waals surface area (Å²) in [6, 6.07) is 7.77. The van der Waals surface area contributed by atoms with Gasteiger partial charge in [0.05, 0.1) is 18.7 Å². The molecule has 2 rings (SSSR count). The van der Waals surface area contributed by atoms with Crippen LogP contribution < -0.4 is 0 Å². The van der Waals surface area contributed by atoms with Crippen molar-refractivity contribution < 1.29 is 9.53 Å². The fourth-order valence-electron chi connectivity index (χ4n) is 1.52. The number of hydrogen-bond acceptors (Lipinski definition) is 5. The summed E-state index contributed by atoms with van der Waals surface area (Å²) in [5.41, 5.74) is 1.97. The lowest BCUT2D eigenvalue weighted by molar-refractivity contribution is -0.142. The zero-order valence-electron chi connectivity index (χ0n) is 11.0. The molecule has 0 radical (unpaired) electrons. The molecule has 0 amide bonds. The maximum atomic E-state index is 11.4. The molecule has 0 fully saturated rings. The van der Waals surface area contributed by atoms with Gasteiger partial charge in [0.1, 0.15) is 4.34 Å². The van der Waals surface area contributed by atoms with Crippen LogP contribution in [-0.2, 0) is 21.7 Å². The van der Waals surface area contributed by atoms with E-state index in [0.717, 1.165) is 20.8 Å². The van der Waals surface area contributed by atoms with Gasteiger partial charge in [0.15, 0.2) is 0 Å². The highest BCUT2D eigenvalue weighted by Gasteiger charge is 2.08. The average molecular weight is 328 g/mol. The predicted molar refractivity (Wildman–Crippen MR) is 83.5 cm³/mol. The molecule has 0 saturated heterocycles. The van der Waals surface area contributed by atoms with Crippen molar-refractivity contribution in [1.82, 2.24) is 4.98 Å². The Morgan fingerprint density at radius 2 is 2.15 bits per heavy atom. The van der Waals surface area contributed by atoms with E-state index in [-0.39, 0.29) is 12.4 Å². The number of benzene rings is 1. The van der Waals surface area contributed by atoms with E-state index in [2.05, 4.69) is 4.98 Å². The van der Waals surface area contributed by atoms with E-state index < -0.39 is 0 Å². The highest BCUT2D eigenvalue weighted by atomic mass is 35.5. The van der Waals surface area contributed by atoms with Gasteiger partial charge in [-0.15, -0.1) is 11.3 Å². The summed E-state index contributed by atoms with van der Waals surface area (Å²) in [4.78, 5) is 15.8. The van der Waals surface area contributed by atoms with Crippen molar-refractivity contribution in [2.75, 3.05) is 6.61 Å². The van der Waals surface area contributed by atoms with Crippen LogP contribution in [0.5, 0.6) is 0 Å². The number of halogens is 1. The molecule has 3 nitrogen and oxygen atoms in total. The minimum atomic E-state index is -0.230. The number of hydrogen-bond donors (Lipinski definition) is 0. The second-order valence-electron chi connectivity index (χ2n) is 4.00. The van der Waals surface area contributed by atoms with Crippen molar-refractivity contribution in [3.05, 3.63) is 45.9 Å². The molecule has 6 heteroatoms. The Morgan fingerprint density at radius 3 is 2.85 bits per heavy atom. The van der Waals surface area contributed by atoms with Gasteiger partial charge in [-0.2, -0.15) is 0 Å². The van der Waals surface area contributed by atoms with Crippen LogP contribution in [-0.4, -0.2) is 17.6 Å². The number of aromatic nitrogens is 1. The first-order valence-electron chi connectivity index (χ1n) is 6.14.